The number of halogens is 1. The first-order valence-electron chi connectivity index (χ1n) is 7.03. The summed E-state index contributed by atoms with van der Waals surface area (Å²) < 4.78 is 0. The van der Waals surface area contributed by atoms with E-state index in [1.54, 1.807) is 0 Å². The molecule has 1 aromatic carbocycles. The molecule has 0 spiro atoms. The second-order valence-electron chi connectivity index (χ2n) is 5.36. The molecular weight excluding hydrogens is 242 g/mol. The average molecular weight is 268 g/mol. The van der Waals surface area contributed by atoms with E-state index < -0.39 is 0 Å². The fourth-order valence-electron chi connectivity index (χ4n) is 2.91. The Hall–Kier alpha value is -0.530. The number of piperidine rings is 1. The fourth-order valence-corrected chi connectivity index (χ4v) is 2.91. The SMILES string of the molecule is CCC(c1ccc(C)c(C)c1)N1CCCCC1.Cl. The lowest BCUT2D eigenvalue weighted by Gasteiger charge is -2.34. The molecule has 0 saturated carbocycles. The van der Waals surface area contributed by atoms with Gasteiger partial charge in [0.2, 0.25) is 0 Å². The van der Waals surface area contributed by atoms with Gasteiger partial charge in [-0.25, -0.2) is 0 Å². The van der Waals surface area contributed by atoms with Gasteiger partial charge in [0.15, 0.2) is 0 Å². The van der Waals surface area contributed by atoms with E-state index in [1.165, 1.54) is 55.5 Å². The van der Waals surface area contributed by atoms with Crippen LogP contribution in [0.4, 0.5) is 0 Å². The summed E-state index contributed by atoms with van der Waals surface area (Å²) in [6.07, 6.45) is 5.39. The van der Waals surface area contributed by atoms with Crippen molar-refractivity contribution in [2.75, 3.05) is 13.1 Å². The molecular formula is C16H26ClN. The molecule has 1 aliphatic heterocycles. The zero-order valence-electron chi connectivity index (χ0n) is 11.9. The minimum Gasteiger partial charge on any atom is -0.296 e. The lowest BCUT2D eigenvalue weighted by Crippen LogP contribution is -2.33. The van der Waals surface area contributed by atoms with Crippen LogP contribution in [0.3, 0.4) is 0 Å². The van der Waals surface area contributed by atoms with Gasteiger partial charge in [0.1, 0.15) is 0 Å². The molecule has 1 saturated heterocycles. The predicted molar refractivity (Wildman–Crippen MR) is 81.6 cm³/mol. The first-order valence-corrected chi connectivity index (χ1v) is 7.03. The van der Waals surface area contributed by atoms with E-state index in [0.717, 1.165) is 0 Å². The molecule has 0 aromatic heterocycles. The number of rotatable bonds is 3. The van der Waals surface area contributed by atoms with E-state index in [0.29, 0.717) is 6.04 Å². The van der Waals surface area contributed by atoms with Crippen LogP contribution in [-0.2, 0) is 0 Å². The first-order chi connectivity index (χ1) is 8.22. The number of likely N-dealkylation sites (tertiary alicyclic amines) is 1. The van der Waals surface area contributed by atoms with Gasteiger partial charge in [-0.3, -0.25) is 4.90 Å². The van der Waals surface area contributed by atoms with E-state index in [2.05, 4.69) is 43.9 Å². The maximum absolute atomic E-state index is 2.67. The van der Waals surface area contributed by atoms with Crippen LogP contribution >= 0.6 is 12.4 Å². The van der Waals surface area contributed by atoms with Gasteiger partial charge in [0.05, 0.1) is 0 Å². The minimum absolute atomic E-state index is 0. The molecule has 0 amide bonds. The molecule has 0 bridgehead atoms. The van der Waals surface area contributed by atoms with Crippen molar-refractivity contribution < 1.29 is 0 Å². The number of hydrogen-bond donors (Lipinski definition) is 0. The average Bonchev–Trinajstić information content (AvgIpc) is 2.36. The van der Waals surface area contributed by atoms with Crippen LogP contribution in [0.2, 0.25) is 0 Å². The second-order valence-corrected chi connectivity index (χ2v) is 5.36. The summed E-state index contributed by atoms with van der Waals surface area (Å²) in [4.78, 5) is 2.67. The van der Waals surface area contributed by atoms with Crippen molar-refractivity contribution in [3.8, 4) is 0 Å². The molecule has 1 aromatic rings. The largest absolute Gasteiger partial charge is 0.296 e. The van der Waals surface area contributed by atoms with Crippen molar-refractivity contribution in [3.63, 3.8) is 0 Å². The van der Waals surface area contributed by atoms with Gasteiger partial charge in [-0.15, -0.1) is 12.4 Å². The lowest BCUT2D eigenvalue weighted by molar-refractivity contribution is 0.159. The van der Waals surface area contributed by atoms with Crippen LogP contribution in [-0.4, -0.2) is 18.0 Å². The highest BCUT2D eigenvalue weighted by Gasteiger charge is 2.20. The normalized spacial score (nSPS) is 18.2. The van der Waals surface area contributed by atoms with Crippen LogP contribution in [0.15, 0.2) is 18.2 Å². The monoisotopic (exact) mass is 267 g/mol. The van der Waals surface area contributed by atoms with E-state index >= 15 is 0 Å². The quantitative estimate of drug-likeness (QED) is 0.770. The van der Waals surface area contributed by atoms with E-state index in [9.17, 15) is 0 Å². The topological polar surface area (TPSA) is 3.24 Å². The third-order valence-electron chi connectivity index (χ3n) is 4.13. The summed E-state index contributed by atoms with van der Waals surface area (Å²) in [6, 6.07) is 7.62. The summed E-state index contributed by atoms with van der Waals surface area (Å²) in [6.45, 7) is 9.30. The number of nitrogens with zero attached hydrogens (tertiary/aromatic N) is 1. The van der Waals surface area contributed by atoms with Gasteiger partial charge in [-0.1, -0.05) is 31.5 Å². The van der Waals surface area contributed by atoms with Gasteiger partial charge in [0, 0.05) is 6.04 Å². The van der Waals surface area contributed by atoms with Crippen molar-refractivity contribution in [1.82, 2.24) is 4.90 Å². The summed E-state index contributed by atoms with van der Waals surface area (Å²) in [7, 11) is 0. The Morgan fingerprint density at radius 3 is 2.28 bits per heavy atom. The highest BCUT2D eigenvalue weighted by molar-refractivity contribution is 5.85. The molecule has 1 atom stereocenters. The summed E-state index contributed by atoms with van der Waals surface area (Å²) in [5.41, 5.74) is 4.35. The Balaban J connectivity index is 0.00000162. The Kier molecular flexibility index (Phi) is 6.17. The Bertz CT molecular complexity index is 369. The van der Waals surface area contributed by atoms with Gasteiger partial charge >= 0.3 is 0 Å². The standard InChI is InChI=1S/C16H25N.ClH/c1-4-16(17-10-6-5-7-11-17)15-9-8-13(2)14(3)12-15;/h8-9,12,16H,4-7,10-11H2,1-3H3;1H. The molecule has 1 heterocycles. The van der Waals surface area contributed by atoms with Crippen molar-refractivity contribution in [2.45, 2.75) is 52.5 Å². The Morgan fingerprint density at radius 1 is 1.06 bits per heavy atom. The predicted octanol–water partition coefficient (Wildman–Crippen LogP) is 4.66. The maximum atomic E-state index is 2.67. The summed E-state index contributed by atoms with van der Waals surface area (Å²) in [5, 5.41) is 0. The van der Waals surface area contributed by atoms with Gasteiger partial charge in [-0.2, -0.15) is 0 Å². The van der Waals surface area contributed by atoms with Crippen LogP contribution in [0.5, 0.6) is 0 Å². The lowest BCUT2D eigenvalue weighted by atomic mass is 9.96. The van der Waals surface area contributed by atoms with E-state index in [1.807, 2.05) is 0 Å². The number of aryl methyl sites for hydroxylation is 2. The van der Waals surface area contributed by atoms with Crippen molar-refractivity contribution in [1.29, 1.82) is 0 Å². The molecule has 1 unspecified atom stereocenters. The van der Waals surface area contributed by atoms with Crippen LogP contribution in [0, 0.1) is 13.8 Å². The van der Waals surface area contributed by atoms with E-state index in [-0.39, 0.29) is 12.4 Å². The van der Waals surface area contributed by atoms with Gasteiger partial charge in [-0.05, 0) is 62.9 Å². The smallest absolute Gasteiger partial charge is 0.0345 e. The van der Waals surface area contributed by atoms with Crippen molar-refractivity contribution in [2.24, 2.45) is 0 Å². The molecule has 2 heteroatoms. The first kappa shape index (κ1) is 15.5. The Labute approximate surface area is 118 Å². The molecule has 18 heavy (non-hydrogen) atoms. The van der Waals surface area contributed by atoms with Crippen LogP contribution in [0.25, 0.3) is 0 Å². The second kappa shape index (κ2) is 7.16. The fraction of sp³-hybridized carbons (Fsp3) is 0.625. The number of hydrogen-bond acceptors (Lipinski definition) is 1. The Morgan fingerprint density at radius 2 is 1.72 bits per heavy atom. The van der Waals surface area contributed by atoms with Crippen LogP contribution in [0.1, 0.15) is 55.3 Å². The third kappa shape index (κ3) is 3.49. The van der Waals surface area contributed by atoms with Crippen LogP contribution < -0.4 is 0 Å². The summed E-state index contributed by atoms with van der Waals surface area (Å²) >= 11 is 0. The molecule has 1 aliphatic rings. The molecule has 1 fully saturated rings. The zero-order chi connectivity index (χ0) is 12.3. The molecule has 0 radical (unpaired) electrons. The van der Waals surface area contributed by atoms with Gasteiger partial charge in [0.25, 0.3) is 0 Å². The maximum Gasteiger partial charge on any atom is 0.0345 e. The highest BCUT2D eigenvalue weighted by Crippen LogP contribution is 2.28. The molecule has 2 rings (SSSR count). The summed E-state index contributed by atoms with van der Waals surface area (Å²) in [5.74, 6) is 0. The molecule has 1 nitrogen and oxygen atoms in total. The van der Waals surface area contributed by atoms with Gasteiger partial charge < -0.3 is 0 Å². The van der Waals surface area contributed by atoms with Crippen molar-refractivity contribution in [3.05, 3.63) is 34.9 Å². The third-order valence-corrected chi connectivity index (χ3v) is 4.13. The molecule has 0 N–H and O–H groups in total. The molecule has 0 aliphatic carbocycles. The number of benzene rings is 1. The molecule has 102 valence electrons. The minimum atomic E-state index is 0. The zero-order valence-corrected chi connectivity index (χ0v) is 12.7. The van der Waals surface area contributed by atoms with E-state index in [4.69, 9.17) is 0 Å². The van der Waals surface area contributed by atoms with Crippen molar-refractivity contribution >= 4 is 12.4 Å². The highest BCUT2D eigenvalue weighted by atomic mass is 35.5.